The maximum atomic E-state index is 13.0. The van der Waals surface area contributed by atoms with E-state index in [0.29, 0.717) is 37.0 Å². The minimum atomic E-state index is -3.48. The van der Waals surface area contributed by atoms with E-state index in [1.165, 1.54) is 6.42 Å². The Morgan fingerprint density at radius 1 is 0.857 bits per heavy atom. The van der Waals surface area contributed by atoms with Crippen LogP contribution in [0.5, 0.6) is 0 Å². The molecule has 0 bridgehead atoms. The second-order valence-electron chi connectivity index (χ2n) is 8.23. The van der Waals surface area contributed by atoms with Crippen LogP contribution in [0.25, 0.3) is 0 Å². The van der Waals surface area contributed by atoms with Crippen molar-refractivity contribution in [1.29, 1.82) is 0 Å². The van der Waals surface area contributed by atoms with Crippen molar-refractivity contribution >= 4 is 15.9 Å². The lowest BCUT2D eigenvalue weighted by Crippen LogP contribution is -2.55. The van der Waals surface area contributed by atoms with Gasteiger partial charge >= 0.3 is 0 Å². The molecule has 2 fully saturated rings. The molecule has 0 spiro atoms. The van der Waals surface area contributed by atoms with Crippen molar-refractivity contribution < 1.29 is 13.2 Å². The second-order valence-corrected chi connectivity index (χ2v) is 10.2. The highest BCUT2D eigenvalue weighted by Crippen LogP contribution is 2.22. The van der Waals surface area contributed by atoms with Crippen molar-refractivity contribution in [3.8, 4) is 0 Å². The summed E-state index contributed by atoms with van der Waals surface area (Å²) in [6, 6.07) is 7.02. The molecule has 28 heavy (non-hydrogen) atoms. The lowest BCUT2D eigenvalue weighted by Gasteiger charge is -2.39. The van der Waals surface area contributed by atoms with Gasteiger partial charge in [-0.1, -0.05) is 26.0 Å². The molecule has 3 rings (SSSR count). The molecule has 1 aromatic carbocycles. The number of piperazine rings is 1. The van der Waals surface area contributed by atoms with Crippen LogP contribution in [0.2, 0.25) is 0 Å². The lowest BCUT2D eigenvalue weighted by molar-refractivity contribution is -0.137. The van der Waals surface area contributed by atoms with Gasteiger partial charge in [-0.3, -0.25) is 9.69 Å². The van der Waals surface area contributed by atoms with Gasteiger partial charge in [0.25, 0.3) is 0 Å². The number of piperidine rings is 1. The van der Waals surface area contributed by atoms with E-state index >= 15 is 0 Å². The number of sulfonamides is 1. The van der Waals surface area contributed by atoms with Crippen LogP contribution in [0.15, 0.2) is 29.2 Å². The molecule has 2 aliphatic heterocycles. The molecule has 2 saturated heterocycles. The minimum absolute atomic E-state index is 0.181. The van der Waals surface area contributed by atoms with E-state index < -0.39 is 10.0 Å². The summed E-state index contributed by atoms with van der Waals surface area (Å²) in [5, 5.41) is 0. The van der Waals surface area contributed by atoms with Crippen LogP contribution in [-0.4, -0.2) is 73.7 Å². The third-order valence-corrected chi connectivity index (χ3v) is 7.94. The van der Waals surface area contributed by atoms with E-state index in [0.717, 1.165) is 31.5 Å². The number of likely N-dealkylation sites (tertiary alicyclic amines) is 1. The Hall–Kier alpha value is -1.44. The molecule has 0 aliphatic carbocycles. The Morgan fingerprint density at radius 3 is 1.96 bits per heavy atom. The van der Waals surface area contributed by atoms with Gasteiger partial charge in [-0.25, -0.2) is 8.42 Å². The SMILES string of the molecule is CC(C)c1ccc(S(=O)(=O)N2CCN(C(C)C(=O)N3CCCCC3)CC2)cc1. The fourth-order valence-corrected chi connectivity index (χ4v) is 5.46. The zero-order valence-corrected chi connectivity index (χ0v) is 18.1. The highest BCUT2D eigenvalue weighted by molar-refractivity contribution is 7.89. The summed E-state index contributed by atoms with van der Waals surface area (Å²) in [6.07, 6.45) is 3.37. The van der Waals surface area contributed by atoms with Gasteiger partial charge < -0.3 is 4.90 Å². The van der Waals surface area contributed by atoms with Crippen LogP contribution in [-0.2, 0) is 14.8 Å². The number of hydrogen-bond donors (Lipinski definition) is 0. The van der Waals surface area contributed by atoms with Crippen molar-refractivity contribution in [2.24, 2.45) is 0 Å². The second kappa shape index (κ2) is 8.93. The predicted octanol–water partition coefficient (Wildman–Crippen LogP) is 2.52. The Kier molecular flexibility index (Phi) is 6.78. The Labute approximate surface area is 169 Å². The molecule has 7 heteroatoms. The van der Waals surface area contributed by atoms with Crippen LogP contribution < -0.4 is 0 Å². The molecule has 1 unspecified atom stereocenters. The van der Waals surface area contributed by atoms with E-state index in [9.17, 15) is 13.2 Å². The topological polar surface area (TPSA) is 60.9 Å². The minimum Gasteiger partial charge on any atom is -0.341 e. The van der Waals surface area contributed by atoms with E-state index in [1.807, 2.05) is 24.0 Å². The standard InChI is InChI=1S/C21H33N3O3S/c1-17(2)19-7-9-20(10-8-19)28(26,27)24-15-13-22(14-16-24)18(3)21(25)23-11-5-4-6-12-23/h7-10,17-18H,4-6,11-16H2,1-3H3. The number of amides is 1. The summed E-state index contributed by atoms with van der Waals surface area (Å²) in [6.45, 7) is 9.86. The van der Waals surface area contributed by atoms with Crippen molar-refractivity contribution in [3.05, 3.63) is 29.8 Å². The van der Waals surface area contributed by atoms with Crippen LogP contribution in [0.3, 0.4) is 0 Å². The van der Waals surface area contributed by atoms with E-state index in [4.69, 9.17) is 0 Å². The molecular formula is C21H33N3O3S. The van der Waals surface area contributed by atoms with Crippen LogP contribution in [0.4, 0.5) is 0 Å². The summed E-state index contributed by atoms with van der Waals surface area (Å²) in [4.78, 5) is 17.2. The maximum Gasteiger partial charge on any atom is 0.243 e. The van der Waals surface area contributed by atoms with Crippen molar-refractivity contribution in [2.75, 3.05) is 39.3 Å². The molecule has 156 valence electrons. The molecule has 0 N–H and O–H groups in total. The van der Waals surface area contributed by atoms with E-state index in [1.54, 1.807) is 16.4 Å². The predicted molar refractivity (Wildman–Crippen MR) is 111 cm³/mol. The van der Waals surface area contributed by atoms with Gasteiger partial charge in [0, 0.05) is 39.3 Å². The molecule has 1 aromatic rings. The highest BCUT2D eigenvalue weighted by atomic mass is 32.2. The number of carbonyl (C=O) groups excluding carboxylic acids is 1. The average Bonchev–Trinajstić information content (AvgIpc) is 2.73. The lowest BCUT2D eigenvalue weighted by atomic mass is 10.0. The zero-order chi connectivity index (χ0) is 20.3. The van der Waals surface area contributed by atoms with Gasteiger partial charge in [0.1, 0.15) is 0 Å². The molecule has 6 nitrogen and oxygen atoms in total. The Bertz CT molecular complexity index is 763. The zero-order valence-electron chi connectivity index (χ0n) is 17.3. The van der Waals surface area contributed by atoms with Crippen LogP contribution in [0.1, 0.15) is 51.5 Å². The highest BCUT2D eigenvalue weighted by Gasteiger charge is 2.33. The summed E-state index contributed by atoms with van der Waals surface area (Å²) < 4.78 is 27.5. The first-order valence-electron chi connectivity index (χ1n) is 10.4. The quantitative estimate of drug-likeness (QED) is 0.753. The number of rotatable bonds is 5. The first-order chi connectivity index (χ1) is 13.3. The molecule has 0 aromatic heterocycles. The largest absolute Gasteiger partial charge is 0.341 e. The first-order valence-corrected chi connectivity index (χ1v) is 11.9. The van der Waals surface area contributed by atoms with Gasteiger partial charge in [0.2, 0.25) is 15.9 Å². The molecule has 2 heterocycles. The Balaban J connectivity index is 1.60. The third-order valence-electron chi connectivity index (χ3n) is 6.03. The van der Waals surface area contributed by atoms with Crippen LogP contribution in [0, 0.1) is 0 Å². The van der Waals surface area contributed by atoms with Crippen molar-refractivity contribution in [2.45, 2.75) is 56.9 Å². The van der Waals surface area contributed by atoms with Crippen molar-refractivity contribution in [3.63, 3.8) is 0 Å². The number of hydrogen-bond acceptors (Lipinski definition) is 4. The smallest absolute Gasteiger partial charge is 0.243 e. The Morgan fingerprint density at radius 2 is 1.43 bits per heavy atom. The van der Waals surface area contributed by atoms with Crippen LogP contribution >= 0.6 is 0 Å². The van der Waals surface area contributed by atoms with Gasteiger partial charge in [0.05, 0.1) is 10.9 Å². The monoisotopic (exact) mass is 407 g/mol. The molecule has 1 atom stereocenters. The van der Waals surface area contributed by atoms with Gasteiger partial charge in [-0.2, -0.15) is 4.31 Å². The average molecular weight is 408 g/mol. The fourth-order valence-electron chi connectivity index (χ4n) is 4.04. The first kappa shape index (κ1) is 21.3. The van der Waals surface area contributed by atoms with E-state index in [-0.39, 0.29) is 11.9 Å². The van der Waals surface area contributed by atoms with Crippen molar-refractivity contribution in [1.82, 2.24) is 14.1 Å². The molecule has 0 radical (unpaired) electrons. The number of nitrogens with zero attached hydrogens (tertiary/aromatic N) is 3. The molecule has 2 aliphatic rings. The fraction of sp³-hybridized carbons (Fsp3) is 0.667. The number of benzene rings is 1. The number of carbonyl (C=O) groups is 1. The molecular weight excluding hydrogens is 374 g/mol. The van der Waals surface area contributed by atoms with E-state index in [2.05, 4.69) is 18.7 Å². The normalized spacial score (nSPS) is 21.1. The van der Waals surface area contributed by atoms with Gasteiger partial charge in [-0.05, 0) is 49.8 Å². The van der Waals surface area contributed by atoms with Gasteiger partial charge in [0.15, 0.2) is 0 Å². The third kappa shape index (κ3) is 4.58. The summed E-state index contributed by atoms with van der Waals surface area (Å²) in [5.41, 5.74) is 1.13. The summed E-state index contributed by atoms with van der Waals surface area (Å²) in [7, 11) is -3.48. The summed E-state index contributed by atoms with van der Waals surface area (Å²) in [5.74, 6) is 0.555. The molecule has 1 amide bonds. The summed E-state index contributed by atoms with van der Waals surface area (Å²) >= 11 is 0. The van der Waals surface area contributed by atoms with Gasteiger partial charge in [-0.15, -0.1) is 0 Å². The molecule has 0 saturated carbocycles. The maximum absolute atomic E-state index is 13.0.